The van der Waals surface area contributed by atoms with Crippen molar-refractivity contribution in [3.05, 3.63) is 98.7 Å². The summed E-state index contributed by atoms with van der Waals surface area (Å²) in [7, 11) is 3.18. The molecule has 8 nitrogen and oxygen atoms in total. The first-order chi connectivity index (χ1) is 16.5. The zero-order chi connectivity index (χ0) is 23.6. The number of hydrogen-bond donors (Lipinski definition) is 1. The molecule has 170 valence electrons. The van der Waals surface area contributed by atoms with E-state index >= 15 is 0 Å². The summed E-state index contributed by atoms with van der Waals surface area (Å²) in [6.07, 6.45) is 2.52. The summed E-state index contributed by atoms with van der Waals surface area (Å²) in [5, 5.41) is 12.3. The number of non-ortho nitro benzene ring substituents is 1. The van der Waals surface area contributed by atoms with Crippen LogP contribution < -0.4 is 9.47 Å². The molecule has 0 bridgehead atoms. The van der Waals surface area contributed by atoms with E-state index in [-0.39, 0.29) is 11.6 Å². The van der Waals surface area contributed by atoms with Crippen LogP contribution in [0.1, 0.15) is 32.6 Å². The Balaban J connectivity index is 1.76. The molecule has 1 N–H and O–H groups in total. The van der Waals surface area contributed by atoms with Gasteiger partial charge in [0.05, 0.1) is 19.1 Å². The van der Waals surface area contributed by atoms with Crippen LogP contribution in [0.2, 0.25) is 0 Å². The highest BCUT2D eigenvalue weighted by Crippen LogP contribution is 2.55. The standard InChI is InChI=1S/C26H21N3O5/c1-33-23-11-15-9-10-28-25(30)17-5-3-4-6-19(17)26(28,20(15)13-24(23)34-2)21-14-27-22-8-7-16(29(31)32)12-18(21)22/h3-8,11-14,27H,9-10H2,1-2H3/t26-/m0/s1. The number of hydrogen-bond acceptors (Lipinski definition) is 5. The molecule has 2 aliphatic rings. The first-order valence-corrected chi connectivity index (χ1v) is 10.9. The van der Waals surface area contributed by atoms with E-state index in [0.29, 0.717) is 35.4 Å². The van der Waals surface area contributed by atoms with E-state index < -0.39 is 10.5 Å². The molecular weight excluding hydrogens is 434 g/mol. The highest BCUT2D eigenvalue weighted by atomic mass is 16.6. The summed E-state index contributed by atoms with van der Waals surface area (Å²) < 4.78 is 11.2. The monoisotopic (exact) mass is 455 g/mol. The molecule has 1 aromatic heterocycles. The normalized spacial score (nSPS) is 18.4. The van der Waals surface area contributed by atoms with Crippen LogP contribution in [-0.2, 0) is 12.0 Å². The number of nitro groups is 1. The van der Waals surface area contributed by atoms with Crippen molar-refractivity contribution < 1.29 is 19.2 Å². The summed E-state index contributed by atoms with van der Waals surface area (Å²) in [4.78, 5) is 30.0. The molecule has 3 aromatic carbocycles. The number of nitrogens with zero attached hydrogens (tertiary/aromatic N) is 2. The van der Waals surface area contributed by atoms with Crippen LogP contribution in [0.5, 0.6) is 11.5 Å². The van der Waals surface area contributed by atoms with Crippen LogP contribution in [0.15, 0.2) is 60.8 Å². The van der Waals surface area contributed by atoms with Gasteiger partial charge in [0.15, 0.2) is 11.5 Å². The molecule has 1 amide bonds. The zero-order valence-corrected chi connectivity index (χ0v) is 18.6. The van der Waals surface area contributed by atoms with Crippen molar-refractivity contribution in [1.82, 2.24) is 9.88 Å². The van der Waals surface area contributed by atoms with Gasteiger partial charge in [0.1, 0.15) is 5.54 Å². The maximum absolute atomic E-state index is 13.7. The van der Waals surface area contributed by atoms with E-state index in [0.717, 1.165) is 27.8 Å². The topological polar surface area (TPSA) is 97.7 Å². The Bertz CT molecular complexity index is 1510. The third-order valence-corrected chi connectivity index (χ3v) is 7.07. The molecule has 2 aliphatic heterocycles. The molecule has 0 fully saturated rings. The van der Waals surface area contributed by atoms with Crippen molar-refractivity contribution in [1.29, 1.82) is 0 Å². The molecule has 0 radical (unpaired) electrons. The summed E-state index contributed by atoms with van der Waals surface area (Å²) >= 11 is 0. The lowest BCUT2D eigenvalue weighted by atomic mass is 9.72. The predicted octanol–water partition coefficient (Wildman–Crippen LogP) is 4.40. The number of carbonyl (C=O) groups is 1. The average molecular weight is 455 g/mol. The summed E-state index contributed by atoms with van der Waals surface area (Å²) in [6.45, 7) is 0.498. The average Bonchev–Trinajstić information content (AvgIpc) is 3.40. The minimum absolute atomic E-state index is 0.00254. The molecule has 3 heterocycles. The molecule has 34 heavy (non-hydrogen) atoms. The Kier molecular flexibility index (Phi) is 4.23. The van der Waals surface area contributed by atoms with Gasteiger partial charge in [0.2, 0.25) is 0 Å². The minimum Gasteiger partial charge on any atom is -0.493 e. The highest BCUT2D eigenvalue weighted by Gasteiger charge is 2.55. The maximum atomic E-state index is 13.7. The van der Waals surface area contributed by atoms with Crippen molar-refractivity contribution in [2.24, 2.45) is 0 Å². The van der Waals surface area contributed by atoms with Gasteiger partial charge in [0.25, 0.3) is 11.6 Å². The largest absolute Gasteiger partial charge is 0.493 e. The number of ether oxygens (including phenoxy) is 2. The SMILES string of the molecule is COc1cc2c(cc1OC)[C@]1(c3c[nH]c4ccc([N+](=O)[O-])cc34)c3ccccc3C(=O)N1CC2. The molecule has 6 rings (SSSR count). The first-order valence-electron chi connectivity index (χ1n) is 10.9. The van der Waals surface area contributed by atoms with Gasteiger partial charge in [-0.05, 0) is 47.4 Å². The van der Waals surface area contributed by atoms with Crippen LogP contribution in [-0.4, -0.2) is 41.5 Å². The second-order valence-corrected chi connectivity index (χ2v) is 8.52. The number of aromatic amines is 1. The van der Waals surface area contributed by atoms with Gasteiger partial charge in [-0.25, -0.2) is 0 Å². The van der Waals surface area contributed by atoms with Crippen LogP contribution in [0.4, 0.5) is 5.69 Å². The molecule has 0 spiro atoms. The van der Waals surface area contributed by atoms with Gasteiger partial charge in [-0.3, -0.25) is 14.9 Å². The number of carbonyl (C=O) groups excluding carboxylic acids is 1. The van der Waals surface area contributed by atoms with Crippen molar-refractivity contribution in [3.63, 3.8) is 0 Å². The van der Waals surface area contributed by atoms with Crippen molar-refractivity contribution in [2.45, 2.75) is 12.0 Å². The lowest BCUT2D eigenvalue weighted by Crippen LogP contribution is -2.50. The maximum Gasteiger partial charge on any atom is 0.270 e. The smallest absolute Gasteiger partial charge is 0.270 e. The Morgan fingerprint density at radius 1 is 1.00 bits per heavy atom. The number of aromatic nitrogens is 1. The zero-order valence-electron chi connectivity index (χ0n) is 18.6. The van der Waals surface area contributed by atoms with Crippen molar-refractivity contribution in [2.75, 3.05) is 20.8 Å². The van der Waals surface area contributed by atoms with E-state index in [1.807, 2.05) is 47.5 Å². The van der Waals surface area contributed by atoms with E-state index in [1.165, 1.54) is 6.07 Å². The Hall–Kier alpha value is -4.33. The fourth-order valence-electron chi connectivity index (χ4n) is 5.64. The predicted molar refractivity (Wildman–Crippen MR) is 126 cm³/mol. The van der Waals surface area contributed by atoms with Gasteiger partial charge < -0.3 is 19.4 Å². The third-order valence-electron chi connectivity index (χ3n) is 7.07. The number of amides is 1. The second kappa shape index (κ2) is 7.08. The second-order valence-electron chi connectivity index (χ2n) is 8.52. The van der Waals surface area contributed by atoms with Gasteiger partial charge in [-0.15, -0.1) is 0 Å². The first kappa shape index (κ1) is 20.3. The summed E-state index contributed by atoms with van der Waals surface area (Å²) in [6, 6.07) is 16.3. The minimum atomic E-state index is -0.964. The number of benzene rings is 3. The quantitative estimate of drug-likeness (QED) is 0.363. The number of H-pyrrole nitrogens is 1. The van der Waals surface area contributed by atoms with Crippen LogP contribution in [0.3, 0.4) is 0 Å². The fourth-order valence-corrected chi connectivity index (χ4v) is 5.64. The molecule has 8 heteroatoms. The lowest BCUT2D eigenvalue weighted by Gasteiger charge is -2.44. The fraction of sp³-hybridized carbons (Fsp3) is 0.192. The van der Waals surface area contributed by atoms with Crippen molar-refractivity contribution in [3.8, 4) is 11.5 Å². The van der Waals surface area contributed by atoms with E-state index in [2.05, 4.69) is 4.98 Å². The molecule has 4 aromatic rings. The number of fused-ring (bicyclic) bond motifs is 6. The Labute approximate surface area is 194 Å². The van der Waals surface area contributed by atoms with Gasteiger partial charge >= 0.3 is 0 Å². The summed E-state index contributed by atoms with van der Waals surface area (Å²) in [5.74, 6) is 1.12. The van der Waals surface area contributed by atoms with Crippen molar-refractivity contribution >= 4 is 22.5 Å². The van der Waals surface area contributed by atoms with E-state index in [1.54, 1.807) is 26.4 Å². The molecule has 1 atom stereocenters. The van der Waals surface area contributed by atoms with Crippen LogP contribution in [0, 0.1) is 10.1 Å². The van der Waals surface area contributed by atoms with Gasteiger partial charge in [0, 0.05) is 46.9 Å². The van der Waals surface area contributed by atoms with Crippen LogP contribution >= 0.6 is 0 Å². The lowest BCUT2D eigenvalue weighted by molar-refractivity contribution is -0.384. The Morgan fingerprint density at radius 2 is 1.76 bits per heavy atom. The molecule has 0 unspecified atom stereocenters. The van der Waals surface area contributed by atoms with Crippen LogP contribution in [0.25, 0.3) is 10.9 Å². The number of nitro benzene ring substituents is 1. The number of nitrogens with one attached hydrogen (secondary N) is 1. The summed E-state index contributed by atoms with van der Waals surface area (Å²) in [5.41, 5.74) is 4.01. The van der Waals surface area contributed by atoms with E-state index in [9.17, 15) is 14.9 Å². The number of rotatable bonds is 4. The number of methoxy groups -OCH3 is 2. The van der Waals surface area contributed by atoms with E-state index in [4.69, 9.17) is 9.47 Å². The molecule has 0 aliphatic carbocycles. The van der Waals surface area contributed by atoms with Gasteiger partial charge in [-0.2, -0.15) is 0 Å². The third kappa shape index (κ3) is 2.45. The molecule has 0 saturated heterocycles. The molecule has 0 saturated carbocycles. The highest BCUT2D eigenvalue weighted by molar-refractivity contribution is 6.03. The van der Waals surface area contributed by atoms with Gasteiger partial charge in [-0.1, -0.05) is 18.2 Å². The Morgan fingerprint density at radius 3 is 2.53 bits per heavy atom. The molecular formula is C26H21N3O5.